The van der Waals surface area contributed by atoms with Crippen molar-refractivity contribution >= 4 is 5.82 Å². The summed E-state index contributed by atoms with van der Waals surface area (Å²) in [5, 5.41) is 9.57. The van der Waals surface area contributed by atoms with Gasteiger partial charge in [0.15, 0.2) is 0 Å². The van der Waals surface area contributed by atoms with Gasteiger partial charge >= 0.3 is 0 Å². The minimum Gasteiger partial charge on any atom is -0.372 e. The third-order valence-corrected chi connectivity index (χ3v) is 1.37. The molecule has 0 spiro atoms. The summed E-state index contributed by atoms with van der Waals surface area (Å²) < 4.78 is 25.1. The molecule has 3 nitrogen and oxygen atoms in total. The molecule has 0 aliphatic heterocycles. The molecule has 0 aromatic carbocycles. The maximum atomic E-state index is 12.6. The van der Waals surface area contributed by atoms with Crippen molar-refractivity contribution in [2.45, 2.75) is 12.8 Å². The second-order valence-electron chi connectivity index (χ2n) is 2.44. The molecule has 5 heteroatoms. The van der Waals surface area contributed by atoms with Crippen LogP contribution in [0.1, 0.15) is 12.6 Å². The molecule has 66 valence electrons. The Morgan fingerprint density at radius 1 is 1.33 bits per heavy atom. The van der Waals surface area contributed by atoms with Crippen molar-refractivity contribution in [2.75, 3.05) is 12.4 Å². The fraction of sp³-hybridized carbons (Fsp3) is 0.429. The maximum absolute atomic E-state index is 12.6. The molecule has 1 heterocycles. The lowest BCUT2D eigenvalue weighted by Gasteiger charge is -2.07. The van der Waals surface area contributed by atoms with Crippen LogP contribution < -0.4 is 5.32 Å². The fourth-order valence-corrected chi connectivity index (χ4v) is 0.700. The zero-order valence-electron chi connectivity index (χ0n) is 6.81. The van der Waals surface area contributed by atoms with E-state index in [4.69, 9.17) is 0 Å². The Balaban J connectivity index is 2.93. The molecule has 0 saturated heterocycles. The van der Waals surface area contributed by atoms with Crippen LogP contribution in [0.15, 0.2) is 12.1 Å². The highest BCUT2D eigenvalue weighted by Crippen LogP contribution is 2.24. The molecule has 0 aliphatic carbocycles. The third-order valence-electron chi connectivity index (χ3n) is 1.37. The lowest BCUT2D eigenvalue weighted by atomic mass is 10.2. The monoisotopic (exact) mass is 173 g/mol. The van der Waals surface area contributed by atoms with Gasteiger partial charge in [0.25, 0.3) is 5.92 Å². The summed E-state index contributed by atoms with van der Waals surface area (Å²) in [6, 6.07) is 2.71. The highest BCUT2D eigenvalue weighted by Gasteiger charge is 2.26. The molecule has 0 aliphatic rings. The van der Waals surface area contributed by atoms with Gasteiger partial charge in [0.05, 0.1) is 0 Å². The summed E-state index contributed by atoms with van der Waals surface area (Å²) in [6.07, 6.45) is 0. The molecule has 0 atom stereocenters. The Morgan fingerprint density at radius 3 is 2.33 bits per heavy atom. The van der Waals surface area contributed by atoms with Crippen LogP contribution in [0.4, 0.5) is 14.6 Å². The van der Waals surface area contributed by atoms with Crippen LogP contribution in [0.5, 0.6) is 0 Å². The molecular formula is C7H9F2N3. The van der Waals surface area contributed by atoms with E-state index in [1.807, 2.05) is 0 Å². The summed E-state index contributed by atoms with van der Waals surface area (Å²) >= 11 is 0. The number of alkyl halides is 2. The zero-order valence-corrected chi connectivity index (χ0v) is 6.81. The highest BCUT2D eigenvalue weighted by molar-refractivity contribution is 5.32. The molecule has 0 amide bonds. The first-order valence-corrected chi connectivity index (χ1v) is 3.44. The number of aromatic nitrogens is 2. The predicted molar refractivity (Wildman–Crippen MR) is 41.1 cm³/mol. The number of anilines is 1. The summed E-state index contributed by atoms with van der Waals surface area (Å²) in [5.74, 6) is -2.44. The second-order valence-corrected chi connectivity index (χ2v) is 2.44. The van der Waals surface area contributed by atoms with Gasteiger partial charge in [0, 0.05) is 14.0 Å². The molecule has 1 N–H and O–H groups in total. The van der Waals surface area contributed by atoms with Crippen LogP contribution in [0, 0.1) is 0 Å². The molecule has 0 bridgehead atoms. The van der Waals surface area contributed by atoms with Crippen molar-refractivity contribution in [3.8, 4) is 0 Å². The van der Waals surface area contributed by atoms with Crippen molar-refractivity contribution in [3.63, 3.8) is 0 Å². The van der Waals surface area contributed by atoms with Crippen LogP contribution in [0.3, 0.4) is 0 Å². The average molecular weight is 173 g/mol. The smallest absolute Gasteiger partial charge is 0.288 e. The standard InChI is InChI=1S/C7H9F2N3/c1-7(8,9)5-3-4-6(10-2)12-11-5/h3-4H,1-2H3,(H,10,12). The van der Waals surface area contributed by atoms with Gasteiger partial charge in [-0.25, -0.2) is 0 Å². The zero-order chi connectivity index (χ0) is 9.19. The van der Waals surface area contributed by atoms with Gasteiger partial charge < -0.3 is 5.32 Å². The van der Waals surface area contributed by atoms with Crippen molar-refractivity contribution in [1.29, 1.82) is 0 Å². The van der Waals surface area contributed by atoms with E-state index in [1.165, 1.54) is 12.1 Å². The van der Waals surface area contributed by atoms with Gasteiger partial charge in [0.1, 0.15) is 11.5 Å². The van der Waals surface area contributed by atoms with E-state index in [9.17, 15) is 8.78 Å². The largest absolute Gasteiger partial charge is 0.372 e. The molecular weight excluding hydrogens is 164 g/mol. The fourth-order valence-electron chi connectivity index (χ4n) is 0.700. The molecule has 1 rings (SSSR count). The molecule has 12 heavy (non-hydrogen) atoms. The SMILES string of the molecule is CNc1ccc(C(C)(F)F)nn1. The lowest BCUT2D eigenvalue weighted by molar-refractivity contribution is 0.0119. The maximum Gasteiger partial charge on any atom is 0.288 e. The minimum atomic E-state index is -2.92. The van der Waals surface area contributed by atoms with Crippen LogP contribution in [-0.4, -0.2) is 17.2 Å². The van der Waals surface area contributed by atoms with Gasteiger partial charge in [-0.15, -0.1) is 10.2 Å². The Morgan fingerprint density at radius 2 is 2.00 bits per heavy atom. The number of hydrogen-bond acceptors (Lipinski definition) is 3. The molecule has 1 aromatic heterocycles. The van der Waals surface area contributed by atoms with E-state index in [1.54, 1.807) is 7.05 Å². The Labute approximate surface area is 68.8 Å². The Bertz CT molecular complexity index is 252. The number of nitrogens with one attached hydrogen (secondary N) is 1. The first-order chi connectivity index (χ1) is 5.54. The molecule has 0 fully saturated rings. The van der Waals surface area contributed by atoms with Gasteiger partial charge in [-0.3, -0.25) is 0 Å². The topological polar surface area (TPSA) is 37.8 Å². The van der Waals surface area contributed by atoms with Crippen molar-refractivity contribution < 1.29 is 8.78 Å². The van der Waals surface area contributed by atoms with Crippen LogP contribution in [-0.2, 0) is 5.92 Å². The van der Waals surface area contributed by atoms with Crippen molar-refractivity contribution in [1.82, 2.24) is 10.2 Å². The van der Waals surface area contributed by atoms with E-state index >= 15 is 0 Å². The van der Waals surface area contributed by atoms with Crippen LogP contribution >= 0.6 is 0 Å². The molecule has 0 radical (unpaired) electrons. The summed E-state index contributed by atoms with van der Waals surface area (Å²) in [6.45, 7) is 0.788. The van der Waals surface area contributed by atoms with Gasteiger partial charge in [-0.1, -0.05) is 0 Å². The van der Waals surface area contributed by atoms with E-state index in [-0.39, 0.29) is 5.69 Å². The number of nitrogens with zero attached hydrogens (tertiary/aromatic N) is 2. The van der Waals surface area contributed by atoms with Crippen molar-refractivity contribution in [2.24, 2.45) is 0 Å². The number of hydrogen-bond donors (Lipinski definition) is 1. The van der Waals surface area contributed by atoms with E-state index < -0.39 is 5.92 Å². The Kier molecular flexibility index (Phi) is 2.21. The molecule has 1 aromatic rings. The van der Waals surface area contributed by atoms with E-state index in [2.05, 4.69) is 15.5 Å². The Hall–Kier alpha value is -1.26. The van der Waals surface area contributed by atoms with Crippen LogP contribution in [0.2, 0.25) is 0 Å². The summed E-state index contributed by atoms with van der Waals surface area (Å²) in [4.78, 5) is 0. The molecule has 0 unspecified atom stereocenters. The van der Waals surface area contributed by atoms with E-state index in [0.717, 1.165) is 6.92 Å². The number of halogens is 2. The summed E-state index contributed by atoms with van der Waals surface area (Å²) in [5.41, 5.74) is -0.318. The second kappa shape index (κ2) is 3.00. The van der Waals surface area contributed by atoms with Gasteiger partial charge in [-0.2, -0.15) is 8.78 Å². The summed E-state index contributed by atoms with van der Waals surface area (Å²) in [7, 11) is 1.65. The average Bonchev–Trinajstić information content (AvgIpc) is 2.03. The van der Waals surface area contributed by atoms with Crippen molar-refractivity contribution in [3.05, 3.63) is 17.8 Å². The van der Waals surface area contributed by atoms with E-state index in [0.29, 0.717) is 5.82 Å². The number of rotatable bonds is 2. The van der Waals surface area contributed by atoms with Crippen LogP contribution in [0.25, 0.3) is 0 Å². The first-order valence-electron chi connectivity index (χ1n) is 3.44. The van der Waals surface area contributed by atoms with Gasteiger partial charge in [-0.05, 0) is 12.1 Å². The third kappa shape index (κ3) is 1.87. The first kappa shape index (κ1) is 8.83. The molecule has 0 saturated carbocycles. The quantitative estimate of drug-likeness (QED) is 0.738. The highest BCUT2D eigenvalue weighted by atomic mass is 19.3. The predicted octanol–water partition coefficient (Wildman–Crippen LogP) is 1.63. The lowest BCUT2D eigenvalue weighted by Crippen LogP contribution is -2.11. The minimum absolute atomic E-state index is 0.318. The normalized spacial score (nSPS) is 11.3. The van der Waals surface area contributed by atoms with Gasteiger partial charge in [0.2, 0.25) is 0 Å².